The van der Waals surface area contributed by atoms with Gasteiger partial charge in [-0.1, -0.05) is 32.0 Å². The van der Waals surface area contributed by atoms with Gasteiger partial charge in [-0.15, -0.1) is 0 Å². The minimum Gasteiger partial charge on any atom is -0.496 e. The lowest BCUT2D eigenvalue weighted by molar-refractivity contribution is 0.0132. The normalized spacial score (nSPS) is 17.0. The summed E-state index contributed by atoms with van der Waals surface area (Å²) in [4.78, 5) is 6.92. The van der Waals surface area contributed by atoms with Crippen molar-refractivity contribution in [2.45, 2.75) is 32.7 Å². The van der Waals surface area contributed by atoms with Crippen molar-refractivity contribution in [3.8, 4) is 5.75 Å². The highest BCUT2D eigenvalue weighted by atomic mass is 16.5. The second-order valence-electron chi connectivity index (χ2n) is 7.37. The highest BCUT2D eigenvalue weighted by molar-refractivity contribution is 5.79. The van der Waals surface area contributed by atoms with Crippen molar-refractivity contribution in [3.63, 3.8) is 0 Å². The van der Waals surface area contributed by atoms with E-state index in [-0.39, 0.29) is 0 Å². The van der Waals surface area contributed by atoms with Crippen molar-refractivity contribution < 1.29 is 9.47 Å². The SMILES string of the molecule is CN=C(NCCc1ccccc1OC)NCC(CC(C)C)N1CCOCC1. The molecule has 1 aliphatic rings. The highest BCUT2D eigenvalue weighted by Crippen LogP contribution is 2.17. The number of aliphatic imine (C=N–C) groups is 1. The van der Waals surface area contributed by atoms with E-state index in [9.17, 15) is 0 Å². The summed E-state index contributed by atoms with van der Waals surface area (Å²) in [6, 6.07) is 8.65. The second-order valence-corrected chi connectivity index (χ2v) is 7.37. The van der Waals surface area contributed by atoms with Crippen LogP contribution >= 0.6 is 0 Å². The summed E-state index contributed by atoms with van der Waals surface area (Å²) in [5.74, 6) is 2.46. The van der Waals surface area contributed by atoms with E-state index in [2.05, 4.69) is 40.4 Å². The molecule has 6 nitrogen and oxygen atoms in total. The monoisotopic (exact) mass is 376 g/mol. The average Bonchev–Trinajstić information content (AvgIpc) is 2.70. The number of benzene rings is 1. The van der Waals surface area contributed by atoms with Crippen LogP contribution in [0.5, 0.6) is 5.75 Å². The van der Waals surface area contributed by atoms with E-state index in [1.165, 1.54) is 12.0 Å². The minimum atomic E-state index is 0.502. The van der Waals surface area contributed by atoms with Gasteiger partial charge in [-0.25, -0.2) is 0 Å². The van der Waals surface area contributed by atoms with Crippen LogP contribution in [0.25, 0.3) is 0 Å². The summed E-state index contributed by atoms with van der Waals surface area (Å²) < 4.78 is 10.9. The maximum atomic E-state index is 5.51. The lowest BCUT2D eigenvalue weighted by atomic mass is 10.0. The molecule has 2 N–H and O–H groups in total. The average molecular weight is 377 g/mol. The highest BCUT2D eigenvalue weighted by Gasteiger charge is 2.22. The Hall–Kier alpha value is -1.79. The molecule has 0 spiro atoms. The van der Waals surface area contributed by atoms with E-state index < -0.39 is 0 Å². The molecule has 1 atom stereocenters. The Morgan fingerprint density at radius 3 is 2.63 bits per heavy atom. The van der Waals surface area contributed by atoms with E-state index >= 15 is 0 Å². The number of para-hydroxylation sites is 1. The molecular formula is C21H36N4O2. The molecule has 1 saturated heterocycles. The summed E-state index contributed by atoms with van der Waals surface area (Å²) >= 11 is 0. The van der Waals surface area contributed by atoms with Gasteiger partial charge in [-0.3, -0.25) is 9.89 Å². The van der Waals surface area contributed by atoms with Crippen molar-refractivity contribution in [1.29, 1.82) is 0 Å². The van der Waals surface area contributed by atoms with Gasteiger partial charge in [0.25, 0.3) is 0 Å². The number of hydrogen-bond acceptors (Lipinski definition) is 4. The first-order valence-corrected chi connectivity index (χ1v) is 10.0. The maximum Gasteiger partial charge on any atom is 0.191 e. The lowest BCUT2D eigenvalue weighted by Crippen LogP contribution is -2.51. The summed E-state index contributed by atoms with van der Waals surface area (Å²) in [7, 11) is 3.54. The fraction of sp³-hybridized carbons (Fsp3) is 0.667. The van der Waals surface area contributed by atoms with E-state index in [0.29, 0.717) is 12.0 Å². The smallest absolute Gasteiger partial charge is 0.191 e. The van der Waals surface area contributed by atoms with Gasteiger partial charge in [0.15, 0.2) is 5.96 Å². The Labute approximate surface area is 164 Å². The standard InChI is InChI=1S/C21H36N4O2/c1-17(2)15-19(25-11-13-27-14-12-25)16-24-21(22-3)23-10-9-18-7-5-6-8-20(18)26-4/h5-8,17,19H,9-16H2,1-4H3,(H2,22,23,24). The molecule has 1 aliphatic heterocycles. The maximum absolute atomic E-state index is 5.51. The van der Waals surface area contributed by atoms with Crippen molar-refractivity contribution in [2.75, 3.05) is 53.6 Å². The molecule has 0 saturated carbocycles. The van der Waals surface area contributed by atoms with E-state index in [4.69, 9.17) is 9.47 Å². The lowest BCUT2D eigenvalue weighted by Gasteiger charge is -2.35. The quantitative estimate of drug-likeness (QED) is 0.511. The number of nitrogens with zero attached hydrogens (tertiary/aromatic N) is 2. The first kappa shape index (κ1) is 21.5. The molecule has 0 bridgehead atoms. The number of morpholine rings is 1. The van der Waals surface area contributed by atoms with Gasteiger partial charge in [-0.05, 0) is 30.4 Å². The van der Waals surface area contributed by atoms with E-state index in [1.807, 2.05) is 25.2 Å². The van der Waals surface area contributed by atoms with E-state index in [1.54, 1.807) is 7.11 Å². The number of nitrogens with one attached hydrogen (secondary N) is 2. The molecule has 0 aliphatic carbocycles. The van der Waals surface area contributed by atoms with Crippen LogP contribution in [0.1, 0.15) is 25.8 Å². The molecule has 0 amide bonds. The van der Waals surface area contributed by atoms with Crippen LogP contribution in [-0.4, -0.2) is 70.5 Å². The minimum absolute atomic E-state index is 0.502. The van der Waals surface area contributed by atoms with Gasteiger partial charge >= 0.3 is 0 Å². The number of methoxy groups -OCH3 is 1. The number of guanidine groups is 1. The first-order chi connectivity index (χ1) is 13.1. The predicted molar refractivity (Wildman–Crippen MR) is 112 cm³/mol. The van der Waals surface area contributed by atoms with Gasteiger partial charge in [0.2, 0.25) is 0 Å². The molecule has 6 heteroatoms. The van der Waals surface area contributed by atoms with Crippen LogP contribution in [0.4, 0.5) is 0 Å². The van der Waals surface area contributed by atoms with Crippen molar-refractivity contribution in [3.05, 3.63) is 29.8 Å². The Morgan fingerprint density at radius 2 is 1.96 bits per heavy atom. The molecule has 152 valence electrons. The molecule has 2 rings (SSSR count). The summed E-state index contributed by atoms with van der Waals surface area (Å²) in [5.41, 5.74) is 1.20. The van der Waals surface area contributed by atoms with Crippen LogP contribution in [0.2, 0.25) is 0 Å². The van der Waals surface area contributed by atoms with Gasteiger partial charge in [-0.2, -0.15) is 0 Å². The Morgan fingerprint density at radius 1 is 1.22 bits per heavy atom. The molecule has 1 heterocycles. The molecule has 1 aromatic rings. The summed E-state index contributed by atoms with van der Waals surface area (Å²) in [6.45, 7) is 9.97. The summed E-state index contributed by atoms with van der Waals surface area (Å²) in [6.07, 6.45) is 2.06. The number of hydrogen-bond donors (Lipinski definition) is 2. The third-order valence-electron chi connectivity index (χ3n) is 4.91. The van der Waals surface area contributed by atoms with Gasteiger partial charge in [0, 0.05) is 39.3 Å². The van der Waals surface area contributed by atoms with Gasteiger partial charge in [0.05, 0.1) is 20.3 Å². The van der Waals surface area contributed by atoms with Crippen molar-refractivity contribution in [2.24, 2.45) is 10.9 Å². The van der Waals surface area contributed by atoms with E-state index in [0.717, 1.165) is 57.5 Å². The van der Waals surface area contributed by atoms with Gasteiger partial charge in [0.1, 0.15) is 5.75 Å². The Bertz CT molecular complexity index is 571. The summed E-state index contributed by atoms with van der Waals surface area (Å²) in [5, 5.41) is 6.93. The zero-order valence-electron chi connectivity index (χ0n) is 17.3. The molecule has 0 aromatic heterocycles. The van der Waals surface area contributed by atoms with Crippen molar-refractivity contribution in [1.82, 2.24) is 15.5 Å². The molecule has 27 heavy (non-hydrogen) atoms. The molecule has 1 fully saturated rings. The molecular weight excluding hydrogens is 340 g/mol. The van der Waals surface area contributed by atoms with Crippen LogP contribution in [-0.2, 0) is 11.2 Å². The Kier molecular flexibility index (Phi) is 9.42. The number of rotatable bonds is 9. The Balaban J connectivity index is 1.81. The van der Waals surface area contributed by atoms with Crippen LogP contribution in [0.3, 0.4) is 0 Å². The van der Waals surface area contributed by atoms with Crippen molar-refractivity contribution >= 4 is 5.96 Å². The predicted octanol–water partition coefficient (Wildman–Crippen LogP) is 2.15. The fourth-order valence-electron chi connectivity index (χ4n) is 3.51. The van der Waals surface area contributed by atoms with Gasteiger partial charge < -0.3 is 20.1 Å². The largest absolute Gasteiger partial charge is 0.496 e. The fourth-order valence-corrected chi connectivity index (χ4v) is 3.51. The molecule has 1 unspecified atom stereocenters. The zero-order chi connectivity index (χ0) is 19.5. The number of ether oxygens (including phenoxy) is 2. The zero-order valence-corrected chi connectivity index (χ0v) is 17.3. The molecule has 1 aromatic carbocycles. The second kappa shape index (κ2) is 11.8. The van der Waals surface area contributed by atoms with Crippen LogP contribution in [0.15, 0.2) is 29.3 Å². The van der Waals surface area contributed by atoms with Crippen LogP contribution < -0.4 is 15.4 Å². The van der Waals surface area contributed by atoms with Crippen LogP contribution in [0, 0.1) is 5.92 Å². The topological polar surface area (TPSA) is 58.1 Å². The first-order valence-electron chi connectivity index (χ1n) is 10.0. The third kappa shape index (κ3) is 7.39. The molecule has 0 radical (unpaired) electrons. The third-order valence-corrected chi connectivity index (χ3v) is 4.91.